The molecule has 0 amide bonds. The van der Waals surface area contributed by atoms with Crippen molar-refractivity contribution in [1.82, 2.24) is 4.90 Å². The summed E-state index contributed by atoms with van der Waals surface area (Å²) in [7, 11) is 2.31. The van der Waals surface area contributed by atoms with Crippen molar-refractivity contribution in [3.05, 3.63) is 48.6 Å². The van der Waals surface area contributed by atoms with Gasteiger partial charge in [-0.1, -0.05) is 152 Å². The zero-order valence-corrected chi connectivity index (χ0v) is 28.4. The Bertz CT molecular complexity index is 598. The molecule has 0 aromatic carbocycles. The summed E-state index contributed by atoms with van der Waals surface area (Å²) in [6.45, 7) is 7.26. The Morgan fingerprint density at radius 3 is 1.07 bits per heavy atom. The van der Waals surface area contributed by atoms with Gasteiger partial charge in [0.1, 0.15) is 0 Å². The molecule has 0 spiro atoms. The molecular formula is C40H73N. The number of hydrogen-bond donors (Lipinski definition) is 0. The molecule has 0 saturated carbocycles. The van der Waals surface area contributed by atoms with Crippen LogP contribution in [-0.2, 0) is 0 Å². The first-order valence-electron chi connectivity index (χ1n) is 18.5. The molecule has 0 aromatic rings. The van der Waals surface area contributed by atoms with Gasteiger partial charge in [-0.15, -0.1) is 0 Å². The summed E-state index contributed by atoms with van der Waals surface area (Å²) in [6.07, 6.45) is 54.5. The van der Waals surface area contributed by atoms with Crippen LogP contribution in [0.1, 0.15) is 181 Å². The van der Waals surface area contributed by atoms with Crippen LogP contribution in [0.3, 0.4) is 0 Å². The van der Waals surface area contributed by atoms with Gasteiger partial charge in [-0.25, -0.2) is 0 Å². The molecule has 0 unspecified atom stereocenters. The highest BCUT2D eigenvalue weighted by molar-refractivity contribution is 4.94. The van der Waals surface area contributed by atoms with Crippen molar-refractivity contribution in [3.8, 4) is 0 Å². The molecule has 1 heteroatoms. The molecule has 0 radical (unpaired) electrons. The highest BCUT2D eigenvalue weighted by Gasteiger charge is 2.39. The number of unbranched alkanes of at least 4 members (excludes halogenated alkanes) is 18. The van der Waals surface area contributed by atoms with E-state index in [-0.39, 0.29) is 0 Å². The Labute approximate surface area is 259 Å². The normalized spacial score (nSPS) is 15.8. The van der Waals surface area contributed by atoms with Crippen LogP contribution in [-0.4, -0.2) is 25.0 Å². The molecule has 1 rings (SSSR count). The predicted octanol–water partition coefficient (Wildman–Crippen LogP) is 13.3. The lowest BCUT2D eigenvalue weighted by Crippen LogP contribution is -2.54. The molecule has 0 N–H and O–H groups in total. The van der Waals surface area contributed by atoms with Gasteiger partial charge in [0.25, 0.3) is 0 Å². The third-order valence-electron chi connectivity index (χ3n) is 9.03. The number of hydrogen-bond acceptors (Lipinski definition) is 1. The van der Waals surface area contributed by atoms with E-state index in [0.29, 0.717) is 5.41 Å². The third kappa shape index (κ3) is 24.1. The van der Waals surface area contributed by atoms with Gasteiger partial charge in [-0.2, -0.15) is 0 Å². The van der Waals surface area contributed by atoms with Crippen LogP contribution in [0.4, 0.5) is 0 Å². The molecule has 0 aromatic heterocycles. The van der Waals surface area contributed by atoms with Crippen LogP contribution < -0.4 is 0 Å². The number of rotatable bonds is 30. The van der Waals surface area contributed by atoms with Crippen molar-refractivity contribution in [1.29, 1.82) is 0 Å². The van der Waals surface area contributed by atoms with Gasteiger partial charge in [0.05, 0.1) is 0 Å². The summed E-state index contributed by atoms with van der Waals surface area (Å²) in [5.74, 6) is 0. The van der Waals surface area contributed by atoms with Crippen LogP contribution in [0.15, 0.2) is 48.6 Å². The van der Waals surface area contributed by atoms with E-state index >= 15 is 0 Å². The lowest BCUT2D eigenvalue weighted by atomic mass is 9.72. The maximum absolute atomic E-state index is 2.55. The molecule has 1 nitrogen and oxygen atoms in total. The monoisotopic (exact) mass is 568 g/mol. The first-order valence-corrected chi connectivity index (χ1v) is 18.5. The molecule has 238 valence electrons. The highest BCUT2D eigenvalue weighted by Crippen LogP contribution is 2.40. The minimum Gasteiger partial charge on any atom is -0.305 e. The summed E-state index contributed by atoms with van der Waals surface area (Å²) in [5, 5.41) is 0. The predicted molar refractivity (Wildman–Crippen MR) is 188 cm³/mol. The second-order valence-electron chi connectivity index (χ2n) is 13.3. The largest absolute Gasteiger partial charge is 0.305 e. The third-order valence-corrected chi connectivity index (χ3v) is 9.03. The highest BCUT2D eigenvalue weighted by atomic mass is 15.2. The van der Waals surface area contributed by atoms with E-state index in [9.17, 15) is 0 Å². The van der Waals surface area contributed by atoms with Gasteiger partial charge < -0.3 is 4.90 Å². The van der Waals surface area contributed by atoms with Gasteiger partial charge in [0.2, 0.25) is 0 Å². The van der Waals surface area contributed by atoms with Gasteiger partial charge >= 0.3 is 0 Å². The quantitative estimate of drug-likeness (QED) is 0.0616. The van der Waals surface area contributed by atoms with Crippen LogP contribution in [0, 0.1) is 5.41 Å². The van der Waals surface area contributed by atoms with Gasteiger partial charge in [-0.3, -0.25) is 0 Å². The minimum absolute atomic E-state index is 0.666. The van der Waals surface area contributed by atoms with Gasteiger partial charge in [-0.05, 0) is 89.5 Å². The van der Waals surface area contributed by atoms with Crippen LogP contribution >= 0.6 is 0 Å². The second kappa shape index (κ2) is 29.0. The summed E-state index contributed by atoms with van der Waals surface area (Å²) in [4.78, 5) is 2.55. The number of nitrogens with zero attached hydrogens (tertiary/aromatic N) is 1. The lowest BCUT2D eigenvalue weighted by Gasteiger charge is -2.49. The number of likely N-dealkylation sites (tertiary alicyclic amines) is 1. The zero-order valence-electron chi connectivity index (χ0n) is 28.4. The first kappa shape index (κ1) is 37.9. The van der Waals surface area contributed by atoms with Crippen molar-refractivity contribution in [2.75, 3.05) is 20.1 Å². The summed E-state index contributed by atoms with van der Waals surface area (Å²) >= 11 is 0. The lowest BCUT2D eigenvalue weighted by molar-refractivity contribution is 0.00256. The van der Waals surface area contributed by atoms with Crippen molar-refractivity contribution in [3.63, 3.8) is 0 Å². The standard InChI is InChI=1S/C40H73N/c1-4-6-8-10-12-14-16-18-20-22-24-26-28-30-32-34-36-40(38-41(3)39-40)37-35-33-31-29-27-25-23-21-19-17-15-13-11-9-7-5-2/h12-15,18-21H,4-11,16-17,22-39H2,1-3H3/b14-12-,15-13-,20-18-,21-19-. The van der Waals surface area contributed by atoms with Crippen molar-refractivity contribution >= 4 is 0 Å². The van der Waals surface area contributed by atoms with E-state index < -0.39 is 0 Å². The smallest absolute Gasteiger partial charge is 0.00474 e. The SMILES string of the molecule is CCCCC/C=C\C/C=C\CCCCCCCCC1(CCCCCCCC/C=C\C/C=C\CCCCC)CN(C)C1. The van der Waals surface area contributed by atoms with Gasteiger partial charge in [0, 0.05) is 13.1 Å². The van der Waals surface area contributed by atoms with E-state index in [2.05, 4.69) is 74.4 Å². The van der Waals surface area contributed by atoms with E-state index in [1.165, 1.54) is 167 Å². The molecule has 1 aliphatic heterocycles. The van der Waals surface area contributed by atoms with E-state index in [1.54, 1.807) is 0 Å². The molecule has 1 saturated heterocycles. The fourth-order valence-corrected chi connectivity index (χ4v) is 6.52. The van der Waals surface area contributed by atoms with Crippen molar-refractivity contribution in [2.45, 2.75) is 181 Å². The first-order chi connectivity index (χ1) is 20.2. The van der Waals surface area contributed by atoms with E-state index in [4.69, 9.17) is 0 Å². The average Bonchev–Trinajstić information content (AvgIpc) is 2.95. The Hall–Kier alpha value is -1.08. The van der Waals surface area contributed by atoms with E-state index in [0.717, 1.165) is 12.8 Å². The molecule has 1 heterocycles. The average molecular weight is 568 g/mol. The molecule has 41 heavy (non-hydrogen) atoms. The summed E-state index contributed by atoms with van der Waals surface area (Å²) < 4.78 is 0. The summed E-state index contributed by atoms with van der Waals surface area (Å²) in [5.41, 5.74) is 0.666. The topological polar surface area (TPSA) is 3.24 Å². The van der Waals surface area contributed by atoms with E-state index in [1.807, 2.05) is 0 Å². The van der Waals surface area contributed by atoms with Crippen LogP contribution in [0.2, 0.25) is 0 Å². The molecule has 0 atom stereocenters. The van der Waals surface area contributed by atoms with Crippen LogP contribution in [0.5, 0.6) is 0 Å². The minimum atomic E-state index is 0.666. The summed E-state index contributed by atoms with van der Waals surface area (Å²) in [6, 6.07) is 0. The zero-order chi connectivity index (χ0) is 29.5. The maximum atomic E-state index is 2.55. The molecule has 0 bridgehead atoms. The Morgan fingerprint density at radius 1 is 0.415 bits per heavy atom. The Kier molecular flexibility index (Phi) is 26.9. The van der Waals surface area contributed by atoms with Crippen molar-refractivity contribution < 1.29 is 0 Å². The fourth-order valence-electron chi connectivity index (χ4n) is 6.52. The second-order valence-corrected chi connectivity index (χ2v) is 13.3. The molecule has 1 fully saturated rings. The molecule has 0 aliphatic carbocycles. The Morgan fingerprint density at radius 2 is 0.732 bits per heavy atom. The van der Waals surface area contributed by atoms with Crippen molar-refractivity contribution in [2.24, 2.45) is 5.41 Å². The fraction of sp³-hybridized carbons (Fsp3) is 0.800. The van der Waals surface area contributed by atoms with Gasteiger partial charge in [0.15, 0.2) is 0 Å². The molecule has 1 aliphatic rings. The Balaban J connectivity index is 1.93. The molecular weight excluding hydrogens is 494 g/mol. The maximum Gasteiger partial charge on any atom is 0.00474 e. The number of allylic oxidation sites excluding steroid dienone is 8. The van der Waals surface area contributed by atoms with Crippen LogP contribution in [0.25, 0.3) is 0 Å².